The summed E-state index contributed by atoms with van der Waals surface area (Å²) in [7, 11) is 1.76. The molecule has 4 heterocycles. The number of hydrogen-bond acceptors (Lipinski definition) is 6. The lowest BCUT2D eigenvalue weighted by atomic mass is 9.81. The molecule has 8 heteroatoms. The van der Waals surface area contributed by atoms with Crippen LogP contribution in [-0.2, 0) is 11.2 Å². The topological polar surface area (TPSA) is 93.4 Å². The monoisotopic (exact) mass is 463 g/mol. The van der Waals surface area contributed by atoms with Gasteiger partial charge in [0.05, 0.1) is 22.5 Å². The number of carboxylic acid groups (broad SMARTS) is 1. The minimum Gasteiger partial charge on any atom is -0.476 e. The van der Waals surface area contributed by atoms with Crippen molar-refractivity contribution < 1.29 is 14.6 Å². The van der Waals surface area contributed by atoms with Gasteiger partial charge in [-0.15, -0.1) is 0 Å². The third-order valence-electron chi connectivity index (χ3n) is 7.42. The van der Waals surface area contributed by atoms with Gasteiger partial charge < -0.3 is 14.7 Å². The van der Waals surface area contributed by atoms with E-state index in [1.54, 1.807) is 13.3 Å². The molecule has 34 heavy (non-hydrogen) atoms. The summed E-state index contributed by atoms with van der Waals surface area (Å²) in [5.41, 5.74) is 5.42. The molecule has 0 atom stereocenters. The molecule has 5 rings (SSSR count). The molecule has 1 aliphatic carbocycles. The van der Waals surface area contributed by atoms with E-state index in [9.17, 15) is 9.90 Å². The highest BCUT2D eigenvalue weighted by Gasteiger charge is 2.33. The van der Waals surface area contributed by atoms with Gasteiger partial charge in [-0.3, -0.25) is 4.98 Å². The molecule has 0 aromatic carbocycles. The molecule has 0 bridgehead atoms. The van der Waals surface area contributed by atoms with E-state index in [0.29, 0.717) is 23.9 Å². The Morgan fingerprint density at radius 2 is 2.00 bits per heavy atom. The molecule has 3 aromatic rings. The first kappa shape index (κ1) is 22.8. The van der Waals surface area contributed by atoms with Crippen LogP contribution in [-0.4, -0.2) is 57.6 Å². The van der Waals surface area contributed by atoms with Crippen molar-refractivity contribution in [1.29, 1.82) is 0 Å². The highest BCUT2D eigenvalue weighted by atomic mass is 16.5. The predicted octanol–water partition coefficient (Wildman–Crippen LogP) is 4.51. The molecular formula is C26H33N5O3. The van der Waals surface area contributed by atoms with Crippen LogP contribution < -0.4 is 4.90 Å². The van der Waals surface area contributed by atoms with Gasteiger partial charge in [0.25, 0.3) is 0 Å². The Balaban J connectivity index is 1.75. The molecule has 0 spiro atoms. The van der Waals surface area contributed by atoms with E-state index >= 15 is 0 Å². The summed E-state index contributed by atoms with van der Waals surface area (Å²) >= 11 is 0. The molecule has 0 amide bonds. The second kappa shape index (κ2) is 9.33. The third-order valence-corrected chi connectivity index (χ3v) is 7.42. The standard InChI is InChI=1S/C26H33N5O3/c1-4-20-23(26(32)33)28-25-21(24(20)30-12-9-17(10-13-30)15-34-3)22(18-6-5-7-18)29-31(25)19-8-11-27-16(2)14-19/h8,11,14,17-18H,4-7,9-10,12-13,15H2,1-3H3,(H,32,33). The van der Waals surface area contributed by atoms with Crippen molar-refractivity contribution in [1.82, 2.24) is 19.7 Å². The number of nitrogens with zero attached hydrogens (tertiary/aromatic N) is 5. The van der Waals surface area contributed by atoms with Crippen LogP contribution >= 0.6 is 0 Å². The Morgan fingerprint density at radius 1 is 1.24 bits per heavy atom. The average Bonchev–Trinajstić information content (AvgIpc) is 3.16. The van der Waals surface area contributed by atoms with Gasteiger partial charge in [0.1, 0.15) is 0 Å². The number of hydrogen-bond donors (Lipinski definition) is 1. The summed E-state index contributed by atoms with van der Waals surface area (Å²) in [4.78, 5) is 23.8. The Morgan fingerprint density at radius 3 is 2.59 bits per heavy atom. The number of fused-ring (bicyclic) bond motifs is 1. The lowest BCUT2D eigenvalue weighted by Gasteiger charge is -2.35. The first-order chi connectivity index (χ1) is 16.5. The number of methoxy groups -OCH3 is 1. The number of rotatable bonds is 7. The normalized spacial score (nSPS) is 17.3. The maximum Gasteiger partial charge on any atom is 0.354 e. The van der Waals surface area contributed by atoms with Crippen LogP contribution in [0, 0.1) is 12.8 Å². The quantitative estimate of drug-likeness (QED) is 0.551. The van der Waals surface area contributed by atoms with Crippen LogP contribution in [0.15, 0.2) is 18.3 Å². The van der Waals surface area contributed by atoms with E-state index in [-0.39, 0.29) is 5.69 Å². The van der Waals surface area contributed by atoms with E-state index in [1.165, 1.54) is 6.42 Å². The van der Waals surface area contributed by atoms with E-state index in [0.717, 1.165) is 79.1 Å². The fourth-order valence-electron chi connectivity index (χ4n) is 5.42. The SMILES string of the molecule is CCc1c(C(=O)O)nc2c(c(C3CCC3)nn2-c2ccnc(C)c2)c1N1CCC(COC)CC1. The maximum atomic E-state index is 12.4. The van der Waals surface area contributed by atoms with Crippen molar-refractivity contribution in [2.45, 2.75) is 58.3 Å². The van der Waals surface area contributed by atoms with Gasteiger partial charge in [-0.1, -0.05) is 13.3 Å². The molecule has 1 N–H and O–H groups in total. The first-order valence-corrected chi connectivity index (χ1v) is 12.4. The second-order valence-electron chi connectivity index (χ2n) is 9.61. The zero-order chi connectivity index (χ0) is 23.8. The molecule has 1 aliphatic heterocycles. The Hall–Kier alpha value is -3.00. The predicted molar refractivity (Wildman–Crippen MR) is 131 cm³/mol. The van der Waals surface area contributed by atoms with Crippen molar-refractivity contribution in [2.75, 3.05) is 31.7 Å². The molecule has 2 aliphatic rings. The van der Waals surface area contributed by atoms with Crippen molar-refractivity contribution >= 4 is 22.7 Å². The minimum absolute atomic E-state index is 0.135. The lowest BCUT2D eigenvalue weighted by Crippen LogP contribution is -2.36. The Labute approximate surface area is 200 Å². The lowest BCUT2D eigenvalue weighted by molar-refractivity contribution is 0.0689. The van der Waals surface area contributed by atoms with Gasteiger partial charge in [-0.25, -0.2) is 14.5 Å². The number of pyridine rings is 2. The molecule has 3 aromatic heterocycles. The van der Waals surface area contributed by atoms with E-state index in [1.807, 2.05) is 30.7 Å². The van der Waals surface area contributed by atoms with Gasteiger partial charge in [0.15, 0.2) is 11.3 Å². The van der Waals surface area contributed by atoms with Gasteiger partial charge in [0.2, 0.25) is 0 Å². The van der Waals surface area contributed by atoms with Crippen molar-refractivity contribution in [3.05, 3.63) is 41.0 Å². The third kappa shape index (κ3) is 3.94. The Kier molecular flexibility index (Phi) is 6.25. The average molecular weight is 464 g/mol. The summed E-state index contributed by atoms with van der Waals surface area (Å²) in [6.45, 7) is 6.50. The van der Waals surface area contributed by atoms with Crippen LogP contribution in [0.4, 0.5) is 5.69 Å². The fourth-order valence-corrected chi connectivity index (χ4v) is 5.42. The number of piperidine rings is 1. The molecule has 0 radical (unpaired) electrons. The zero-order valence-electron chi connectivity index (χ0n) is 20.3. The summed E-state index contributed by atoms with van der Waals surface area (Å²) in [5.74, 6) is -0.0620. The van der Waals surface area contributed by atoms with Crippen LogP contribution in [0.2, 0.25) is 0 Å². The van der Waals surface area contributed by atoms with E-state index in [2.05, 4.69) is 9.88 Å². The van der Waals surface area contributed by atoms with Gasteiger partial charge in [0, 0.05) is 50.2 Å². The smallest absolute Gasteiger partial charge is 0.354 e. The number of aromatic carboxylic acids is 1. The highest BCUT2D eigenvalue weighted by Crippen LogP contribution is 2.44. The van der Waals surface area contributed by atoms with E-state index < -0.39 is 5.97 Å². The summed E-state index contributed by atoms with van der Waals surface area (Å²) in [6, 6.07) is 3.89. The largest absolute Gasteiger partial charge is 0.476 e. The second-order valence-corrected chi connectivity index (χ2v) is 9.61. The summed E-state index contributed by atoms with van der Waals surface area (Å²) in [6.07, 6.45) is 7.85. The van der Waals surface area contributed by atoms with Crippen molar-refractivity contribution in [2.24, 2.45) is 5.92 Å². The molecule has 2 fully saturated rings. The number of carboxylic acids is 1. The number of anilines is 1. The van der Waals surface area contributed by atoms with Gasteiger partial charge in [-0.2, -0.15) is 5.10 Å². The fraction of sp³-hybridized carbons (Fsp3) is 0.538. The minimum atomic E-state index is -0.988. The van der Waals surface area contributed by atoms with Crippen LogP contribution in [0.5, 0.6) is 0 Å². The maximum absolute atomic E-state index is 12.4. The number of carbonyl (C=O) groups is 1. The Bertz CT molecular complexity index is 1210. The number of aryl methyl sites for hydroxylation is 1. The molecule has 1 saturated carbocycles. The molecule has 180 valence electrons. The number of aromatic nitrogens is 4. The molecule has 1 saturated heterocycles. The van der Waals surface area contributed by atoms with Crippen molar-refractivity contribution in [3.63, 3.8) is 0 Å². The van der Waals surface area contributed by atoms with Crippen molar-refractivity contribution in [3.8, 4) is 5.69 Å². The molecule has 8 nitrogen and oxygen atoms in total. The summed E-state index contributed by atoms with van der Waals surface area (Å²) < 4.78 is 7.24. The van der Waals surface area contributed by atoms with Crippen LogP contribution in [0.3, 0.4) is 0 Å². The first-order valence-electron chi connectivity index (χ1n) is 12.4. The van der Waals surface area contributed by atoms with Gasteiger partial charge in [-0.05, 0) is 57.1 Å². The van der Waals surface area contributed by atoms with Crippen LogP contribution in [0.1, 0.15) is 72.4 Å². The summed E-state index contributed by atoms with van der Waals surface area (Å²) in [5, 5.41) is 16.3. The van der Waals surface area contributed by atoms with Gasteiger partial charge >= 0.3 is 5.97 Å². The number of ether oxygens (including phenoxy) is 1. The molecular weight excluding hydrogens is 430 g/mol. The van der Waals surface area contributed by atoms with Crippen LogP contribution in [0.25, 0.3) is 16.7 Å². The highest BCUT2D eigenvalue weighted by molar-refractivity contribution is 6.01. The molecule has 0 unspecified atom stereocenters. The van der Waals surface area contributed by atoms with E-state index in [4.69, 9.17) is 14.8 Å². The zero-order valence-corrected chi connectivity index (χ0v) is 20.3.